The lowest BCUT2D eigenvalue weighted by Crippen LogP contribution is -2.12. The van der Waals surface area contributed by atoms with Crippen molar-refractivity contribution in [3.63, 3.8) is 0 Å². The lowest BCUT2D eigenvalue weighted by Gasteiger charge is -2.12. The maximum absolute atomic E-state index is 12.9. The van der Waals surface area contributed by atoms with Crippen LogP contribution in [-0.4, -0.2) is 23.7 Å². The zero-order chi connectivity index (χ0) is 14.7. The van der Waals surface area contributed by atoms with Gasteiger partial charge in [-0.1, -0.05) is 30.3 Å². The zero-order valence-electron chi connectivity index (χ0n) is 11.4. The van der Waals surface area contributed by atoms with Gasteiger partial charge in [0.1, 0.15) is 12.4 Å². The van der Waals surface area contributed by atoms with E-state index in [0.29, 0.717) is 18.9 Å². The molecule has 0 radical (unpaired) electrons. The largest absolute Gasteiger partial charge is 0.475 e. The minimum absolute atomic E-state index is 0.0831. The summed E-state index contributed by atoms with van der Waals surface area (Å²) in [6, 6.07) is 15.5. The first-order valence-electron chi connectivity index (χ1n) is 6.92. The van der Waals surface area contributed by atoms with Gasteiger partial charge < -0.3 is 9.84 Å². The predicted octanol–water partition coefficient (Wildman–Crippen LogP) is 3.09. The molecule has 4 heteroatoms. The van der Waals surface area contributed by atoms with Gasteiger partial charge in [0.15, 0.2) is 0 Å². The van der Waals surface area contributed by atoms with Gasteiger partial charge >= 0.3 is 0 Å². The highest BCUT2D eigenvalue weighted by Gasteiger charge is 2.23. The summed E-state index contributed by atoms with van der Waals surface area (Å²) < 4.78 is 18.4. The molecule has 1 heterocycles. The van der Waals surface area contributed by atoms with Crippen molar-refractivity contribution in [2.45, 2.75) is 18.6 Å². The topological polar surface area (TPSA) is 41.8 Å². The van der Waals surface area contributed by atoms with Crippen molar-refractivity contribution >= 4 is 5.90 Å². The van der Waals surface area contributed by atoms with Crippen LogP contribution in [0.3, 0.4) is 0 Å². The number of halogens is 1. The third-order valence-electron chi connectivity index (χ3n) is 3.48. The van der Waals surface area contributed by atoms with E-state index >= 15 is 0 Å². The van der Waals surface area contributed by atoms with Crippen LogP contribution >= 0.6 is 0 Å². The molecular weight excluding hydrogens is 269 g/mol. The van der Waals surface area contributed by atoms with Gasteiger partial charge in [0.25, 0.3) is 0 Å². The highest BCUT2D eigenvalue weighted by molar-refractivity contribution is 5.95. The van der Waals surface area contributed by atoms with Crippen LogP contribution in [-0.2, 0) is 4.74 Å². The predicted molar refractivity (Wildman–Crippen MR) is 78.7 cm³/mol. The van der Waals surface area contributed by atoms with Crippen molar-refractivity contribution in [3.8, 4) is 0 Å². The van der Waals surface area contributed by atoms with Gasteiger partial charge in [-0.25, -0.2) is 9.38 Å². The summed E-state index contributed by atoms with van der Waals surface area (Å²) in [6.07, 6.45) is -0.0505. The highest BCUT2D eigenvalue weighted by atomic mass is 19.1. The molecule has 0 saturated heterocycles. The number of aliphatic hydroxyl groups excluding tert-OH is 1. The maximum atomic E-state index is 12.9. The molecule has 0 amide bonds. The second kappa shape index (κ2) is 6.06. The van der Waals surface area contributed by atoms with Gasteiger partial charge in [-0.3, -0.25) is 0 Å². The van der Waals surface area contributed by atoms with Crippen molar-refractivity contribution in [1.29, 1.82) is 0 Å². The Morgan fingerprint density at radius 1 is 1.14 bits per heavy atom. The molecule has 0 bridgehead atoms. The van der Waals surface area contributed by atoms with E-state index in [4.69, 9.17) is 4.74 Å². The van der Waals surface area contributed by atoms with E-state index in [9.17, 15) is 9.50 Å². The molecule has 1 N–H and O–H groups in total. The van der Waals surface area contributed by atoms with E-state index in [0.717, 1.165) is 11.1 Å². The lowest BCUT2D eigenvalue weighted by molar-refractivity contribution is 0.151. The second-order valence-electron chi connectivity index (χ2n) is 5.07. The molecule has 0 fully saturated rings. The number of rotatable bonds is 4. The minimum atomic E-state index is -0.559. The quantitative estimate of drug-likeness (QED) is 0.938. The van der Waals surface area contributed by atoms with Crippen LogP contribution in [0.4, 0.5) is 4.39 Å². The van der Waals surface area contributed by atoms with E-state index in [1.807, 2.05) is 30.3 Å². The van der Waals surface area contributed by atoms with Gasteiger partial charge in [-0.15, -0.1) is 0 Å². The molecule has 0 aliphatic carbocycles. The summed E-state index contributed by atoms with van der Waals surface area (Å²) in [5.74, 6) is 0.230. The Hall–Kier alpha value is -2.20. The van der Waals surface area contributed by atoms with Crippen LogP contribution in [0.25, 0.3) is 0 Å². The van der Waals surface area contributed by atoms with Crippen LogP contribution in [0, 0.1) is 5.82 Å². The molecule has 0 spiro atoms. The normalized spacial score (nSPS) is 19.0. The van der Waals surface area contributed by atoms with Gasteiger partial charge in [0.05, 0.1) is 12.1 Å². The van der Waals surface area contributed by atoms with Crippen LogP contribution in [0.15, 0.2) is 59.6 Å². The molecule has 2 atom stereocenters. The third kappa shape index (κ3) is 3.28. The average molecular weight is 285 g/mol. The molecule has 1 aliphatic heterocycles. The monoisotopic (exact) mass is 285 g/mol. The first-order chi connectivity index (χ1) is 10.2. The summed E-state index contributed by atoms with van der Waals surface area (Å²) >= 11 is 0. The van der Waals surface area contributed by atoms with Crippen molar-refractivity contribution < 1.29 is 14.2 Å². The Labute approximate surface area is 122 Å². The number of hydrogen-bond acceptors (Lipinski definition) is 3. The summed E-state index contributed by atoms with van der Waals surface area (Å²) in [4.78, 5) is 4.47. The Balaban J connectivity index is 1.67. The molecule has 108 valence electrons. The first kappa shape index (κ1) is 13.8. The summed E-state index contributed by atoms with van der Waals surface area (Å²) in [6.45, 7) is 0.441. The van der Waals surface area contributed by atoms with Crippen molar-refractivity contribution in [1.82, 2.24) is 0 Å². The van der Waals surface area contributed by atoms with Crippen LogP contribution in [0.1, 0.15) is 23.7 Å². The number of hydrogen-bond donors (Lipinski definition) is 1. The van der Waals surface area contributed by atoms with Gasteiger partial charge in [-0.05, 0) is 29.8 Å². The Kier molecular flexibility index (Phi) is 3.97. The lowest BCUT2D eigenvalue weighted by atomic mass is 10.0. The van der Waals surface area contributed by atoms with Gasteiger partial charge in [0, 0.05) is 12.0 Å². The third-order valence-corrected chi connectivity index (χ3v) is 3.48. The molecule has 0 saturated carbocycles. The fraction of sp³-hybridized carbons (Fsp3) is 0.235. The first-order valence-corrected chi connectivity index (χ1v) is 6.92. The molecular formula is C17H16FNO2. The van der Waals surface area contributed by atoms with E-state index in [-0.39, 0.29) is 11.9 Å². The van der Waals surface area contributed by atoms with E-state index in [1.165, 1.54) is 12.1 Å². The van der Waals surface area contributed by atoms with Crippen LogP contribution in [0.2, 0.25) is 0 Å². The van der Waals surface area contributed by atoms with E-state index in [2.05, 4.69) is 4.99 Å². The number of ether oxygens (including phenoxy) is 1. The van der Waals surface area contributed by atoms with Gasteiger partial charge in [0.2, 0.25) is 5.90 Å². The highest BCUT2D eigenvalue weighted by Crippen LogP contribution is 2.23. The molecule has 1 aliphatic rings. The maximum Gasteiger partial charge on any atom is 0.216 e. The SMILES string of the molecule is O[C@@H](C[C@H]1COC(c2ccc(F)cc2)=N1)c1ccccc1. The minimum Gasteiger partial charge on any atom is -0.475 e. The van der Waals surface area contributed by atoms with Crippen molar-refractivity contribution in [2.24, 2.45) is 4.99 Å². The Bertz CT molecular complexity index is 625. The molecule has 3 rings (SSSR count). The molecule has 0 unspecified atom stereocenters. The fourth-order valence-electron chi connectivity index (χ4n) is 2.36. The molecule has 0 aromatic heterocycles. The average Bonchev–Trinajstić information content (AvgIpc) is 2.97. The fourth-order valence-corrected chi connectivity index (χ4v) is 2.36. The summed E-state index contributed by atoms with van der Waals surface area (Å²) in [5, 5.41) is 10.2. The number of nitrogens with zero attached hydrogens (tertiary/aromatic N) is 1. The van der Waals surface area contributed by atoms with E-state index < -0.39 is 6.10 Å². The Morgan fingerprint density at radius 3 is 2.57 bits per heavy atom. The van der Waals surface area contributed by atoms with Crippen molar-refractivity contribution in [2.75, 3.05) is 6.61 Å². The molecule has 3 nitrogen and oxygen atoms in total. The standard InChI is InChI=1S/C17H16FNO2/c18-14-8-6-13(7-9-14)17-19-15(11-21-17)10-16(20)12-4-2-1-3-5-12/h1-9,15-16,20H,10-11H2/t15-,16-/m0/s1. The number of aliphatic imine (C=N–C) groups is 1. The summed E-state index contributed by atoms with van der Waals surface area (Å²) in [5.41, 5.74) is 1.64. The number of aliphatic hydroxyl groups is 1. The second-order valence-corrected chi connectivity index (χ2v) is 5.07. The molecule has 2 aromatic carbocycles. The smallest absolute Gasteiger partial charge is 0.216 e. The zero-order valence-corrected chi connectivity index (χ0v) is 11.4. The number of benzene rings is 2. The van der Waals surface area contributed by atoms with E-state index in [1.54, 1.807) is 12.1 Å². The van der Waals surface area contributed by atoms with Crippen LogP contribution < -0.4 is 0 Å². The Morgan fingerprint density at radius 2 is 1.86 bits per heavy atom. The molecule has 2 aromatic rings. The molecule has 21 heavy (non-hydrogen) atoms. The van der Waals surface area contributed by atoms with Gasteiger partial charge in [-0.2, -0.15) is 0 Å². The van der Waals surface area contributed by atoms with Crippen LogP contribution in [0.5, 0.6) is 0 Å². The van der Waals surface area contributed by atoms with Crippen molar-refractivity contribution in [3.05, 3.63) is 71.5 Å². The summed E-state index contributed by atoms with van der Waals surface area (Å²) in [7, 11) is 0.